The fourth-order valence-corrected chi connectivity index (χ4v) is 3.08. The van der Waals surface area contributed by atoms with Gasteiger partial charge in [0.2, 0.25) is 15.9 Å². The molecule has 26 heavy (non-hydrogen) atoms. The third-order valence-electron chi connectivity index (χ3n) is 3.93. The molecule has 3 N–H and O–H groups in total. The molecule has 0 spiro atoms. The Morgan fingerprint density at radius 3 is 2.42 bits per heavy atom. The number of hydrogen-bond acceptors (Lipinski definition) is 6. The molecular formula is C16H21N3O6S. The Morgan fingerprint density at radius 1 is 1.31 bits per heavy atom. The smallest absolute Gasteiger partial charge is 0.311 e. The van der Waals surface area contributed by atoms with Crippen LogP contribution in [0.3, 0.4) is 0 Å². The van der Waals surface area contributed by atoms with Crippen LogP contribution in [0.5, 0.6) is 0 Å². The minimum Gasteiger partial charge on any atom is -0.455 e. The predicted molar refractivity (Wildman–Crippen MR) is 92.4 cm³/mol. The molecule has 2 rings (SSSR count). The summed E-state index contributed by atoms with van der Waals surface area (Å²) < 4.78 is 27.3. The van der Waals surface area contributed by atoms with Crippen LogP contribution in [0, 0.1) is 5.92 Å². The van der Waals surface area contributed by atoms with Crippen LogP contribution < -0.4 is 10.5 Å². The standard InChI is InChI=1S/C16H21N3O6S/c1-10(2)19-8-11(7-15(19)21)16(22)25-9-14(20)18-12-3-5-13(6-4-12)26(17,23)24/h3-6,10-11H,7-9H2,1-2H3,(H,18,20)(H2,17,23,24). The lowest BCUT2D eigenvalue weighted by molar-refractivity contribution is -0.151. The first-order chi connectivity index (χ1) is 12.1. The summed E-state index contributed by atoms with van der Waals surface area (Å²) in [4.78, 5) is 37.2. The van der Waals surface area contributed by atoms with Crippen LogP contribution in [-0.4, -0.2) is 50.3 Å². The van der Waals surface area contributed by atoms with Crippen molar-refractivity contribution in [1.29, 1.82) is 0 Å². The van der Waals surface area contributed by atoms with Crippen molar-refractivity contribution in [3.05, 3.63) is 24.3 Å². The van der Waals surface area contributed by atoms with Crippen LogP contribution >= 0.6 is 0 Å². The van der Waals surface area contributed by atoms with E-state index in [2.05, 4.69) is 5.32 Å². The molecule has 0 aromatic heterocycles. The van der Waals surface area contributed by atoms with Crippen LogP contribution in [0.2, 0.25) is 0 Å². The molecule has 1 aromatic rings. The van der Waals surface area contributed by atoms with E-state index in [-0.39, 0.29) is 29.8 Å². The van der Waals surface area contributed by atoms with E-state index in [1.807, 2.05) is 13.8 Å². The van der Waals surface area contributed by atoms with Crippen LogP contribution in [0.4, 0.5) is 5.69 Å². The number of carbonyl (C=O) groups excluding carboxylic acids is 3. The highest BCUT2D eigenvalue weighted by Crippen LogP contribution is 2.21. The lowest BCUT2D eigenvalue weighted by Crippen LogP contribution is -2.33. The minimum absolute atomic E-state index is 0.00362. The Labute approximate surface area is 151 Å². The molecule has 1 unspecified atom stereocenters. The fraction of sp³-hybridized carbons (Fsp3) is 0.438. The van der Waals surface area contributed by atoms with Gasteiger partial charge in [0, 0.05) is 24.7 Å². The third-order valence-corrected chi connectivity index (χ3v) is 4.86. The number of ether oxygens (including phenoxy) is 1. The van der Waals surface area contributed by atoms with Crippen LogP contribution in [0.15, 0.2) is 29.2 Å². The quantitative estimate of drug-likeness (QED) is 0.667. The van der Waals surface area contributed by atoms with Gasteiger partial charge in [0.25, 0.3) is 5.91 Å². The Kier molecular flexibility index (Phi) is 5.98. The molecule has 1 aromatic carbocycles. The molecule has 10 heteroatoms. The molecule has 2 amide bonds. The number of nitrogens with two attached hydrogens (primary N) is 1. The van der Waals surface area contributed by atoms with E-state index in [4.69, 9.17) is 9.88 Å². The molecule has 1 fully saturated rings. The van der Waals surface area contributed by atoms with Crippen molar-refractivity contribution in [2.24, 2.45) is 11.1 Å². The number of hydrogen-bond donors (Lipinski definition) is 2. The highest BCUT2D eigenvalue weighted by molar-refractivity contribution is 7.89. The number of sulfonamides is 1. The molecule has 0 aliphatic carbocycles. The van der Waals surface area contributed by atoms with E-state index < -0.39 is 34.4 Å². The number of likely N-dealkylation sites (tertiary alicyclic amines) is 1. The second-order valence-electron chi connectivity index (χ2n) is 6.27. The molecular weight excluding hydrogens is 362 g/mol. The molecule has 142 valence electrons. The number of esters is 1. The Hall–Kier alpha value is -2.46. The van der Waals surface area contributed by atoms with Gasteiger partial charge >= 0.3 is 5.97 Å². The Bertz CT molecular complexity index is 804. The molecule has 1 atom stereocenters. The Balaban J connectivity index is 1.83. The van der Waals surface area contributed by atoms with Gasteiger partial charge in [-0.3, -0.25) is 14.4 Å². The van der Waals surface area contributed by atoms with Crippen LogP contribution in [0.1, 0.15) is 20.3 Å². The summed E-state index contributed by atoms with van der Waals surface area (Å²) in [5.41, 5.74) is 0.334. The highest BCUT2D eigenvalue weighted by atomic mass is 32.2. The van der Waals surface area contributed by atoms with Gasteiger partial charge in [-0.25, -0.2) is 13.6 Å². The second kappa shape index (κ2) is 7.83. The lowest BCUT2D eigenvalue weighted by atomic mass is 10.1. The maximum absolute atomic E-state index is 12.0. The molecule has 0 bridgehead atoms. The zero-order valence-electron chi connectivity index (χ0n) is 14.5. The molecule has 1 saturated heterocycles. The number of nitrogens with zero attached hydrogens (tertiary/aromatic N) is 1. The average molecular weight is 383 g/mol. The van der Waals surface area contributed by atoms with Crippen molar-refractivity contribution in [1.82, 2.24) is 4.90 Å². The average Bonchev–Trinajstić information content (AvgIpc) is 2.94. The number of rotatable bonds is 6. The van der Waals surface area contributed by atoms with Gasteiger partial charge in [0.15, 0.2) is 6.61 Å². The van der Waals surface area contributed by atoms with E-state index in [1.165, 1.54) is 24.3 Å². The summed E-state index contributed by atoms with van der Waals surface area (Å²) in [5, 5.41) is 7.46. The van der Waals surface area contributed by atoms with E-state index >= 15 is 0 Å². The zero-order valence-corrected chi connectivity index (χ0v) is 15.3. The van der Waals surface area contributed by atoms with E-state index in [1.54, 1.807) is 4.90 Å². The van der Waals surface area contributed by atoms with E-state index in [0.717, 1.165) is 0 Å². The third kappa shape index (κ3) is 5.02. The van der Waals surface area contributed by atoms with Crippen molar-refractivity contribution in [2.75, 3.05) is 18.5 Å². The maximum atomic E-state index is 12.0. The lowest BCUT2D eigenvalue weighted by Gasteiger charge is -2.20. The van der Waals surface area contributed by atoms with Crippen molar-refractivity contribution in [3.63, 3.8) is 0 Å². The molecule has 1 aliphatic rings. The molecule has 9 nitrogen and oxygen atoms in total. The summed E-state index contributed by atoms with van der Waals surface area (Å²) >= 11 is 0. The largest absolute Gasteiger partial charge is 0.455 e. The van der Waals surface area contributed by atoms with Gasteiger partial charge < -0.3 is 15.0 Å². The Morgan fingerprint density at radius 2 is 1.92 bits per heavy atom. The monoisotopic (exact) mass is 383 g/mol. The van der Waals surface area contributed by atoms with Crippen molar-refractivity contribution in [3.8, 4) is 0 Å². The number of primary sulfonamides is 1. The predicted octanol–water partition coefficient (Wildman–Crippen LogP) is 0.0726. The summed E-state index contributed by atoms with van der Waals surface area (Å²) in [5.74, 6) is -1.86. The number of amides is 2. The van der Waals surface area contributed by atoms with Crippen LogP contribution in [0.25, 0.3) is 0 Å². The fourth-order valence-electron chi connectivity index (χ4n) is 2.57. The number of anilines is 1. The first kappa shape index (κ1) is 19.9. The zero-order chi connectivity index (χ0) is 19.5. The SMILES string of the molecule is CC(C)N1CC(C(=O)OCC(=O)Nc2ccc(S(N)(=O)=O)cc2)CC1=O. The number of carbonyl (C=O) groups is 3. The van der Waals surface area contributed by atoms with Gasteiger partial charge in [-0.15, -0.1) is 0 Å². The van der Waals surface area contributed by atoms with E-state index in [0.29, 0.717) is 5.69 Å². The van der Waals surface area contributed by atoms with Gasteiger partial charge in [-0.1, -0.05) is 0 Å². The van der Waals surface area contributed by atoms with Crippen molar-refractivity contribution in [2.45, 2.75) is 31.2 Å². The minimum atomic E-state index is -3.81. The molecule has 1 aliphatic heterocycles. The maximum Gasteiger partial charge on any atom is 0.311 e. The topological polar surface area (TPSA) is 136 Å². The normalized spacial score (nSPS) is 17.5. The van der Waals surface area contributed by atoms with Gasteiger partial charge in [-0.2, -0.15) is 0 Å². The van der Waals surface area contributed by atoms with Gasteiger partial charge in [-0.05, 0) is 38.1 Å². The van der Waals surface area contributed by atoms with E-state index in [9.17, 15) is 22.8 Å². The first-order valence-electron chi connectivity index (χ1n) is 7.96. The molecule has 0 radical (unpaired) electrons. The number of nitrogens with one attached hydrogen (secondary N) is 1. The van der Waals surface area contributed by atoms with Gasteiger partial charge in [0.05, 0.1) is 10.8 Å². The van der Waals surface area contributed by atoms with Gasteiger partial charge in [0.1, 0.15) is 0 Å². The van der Waals surface area contributed by atoms with Crippen LogP contribution in [-0.2, 0) is 29.1 Å². The molecule has 1 heterocycles. The summed E-state index contributed by atoms with van der Waals surface area (Å²) in [6.45, 7) is 3.51. The second-order valence-corrected chi connectivity index (χ2v) is 7.83. The molecule has 0 saturated carbocycles. The summed E-state index contributed by atoms with van der Waals surface area (Å²) in [6.07, 6.45) is 0.0770. The first-order valence-corrected chi connectivity index (χ1v) is 9.51. The summed E-state index contributed by atoms with van der Waals surface area (Å²) in [6, 6.07) is 5.25. The highest BCUT2D eigenvalue weighted by Gasteiger charge is 2.36. The van der Waals surface area contributed by atoms with Crippen molar-refractivity contribution < 1.29 is 27.5 Å². The van der Waals surface area contributed by atoms with Crippen molar-refractivity contribution >= 4 is 33.5 Å². The summed E-state index contributed by atoms with van der Waals surface area (Å²) in [7, 11) is -3.81. The number of benzene rings is 1.